The van der Waals surface area contributed by atoms with Gasteiger partial charge in [-0.05, 0) is 43.3 Å². The van der Waals surface area contributed by atoms with Crippen LogP contribution in [0.5, 0.6) is 11.5 Å². The number of halogens is 1. The Balaban J connectivity index is 1.87. The van der Waals surface area contributed by atoms with Gasteiger partial charge in [-0.2, -0.15) is 0 Å². The molecule has 0 saturated carbocycles. The Morgan fingerprint density at radius 2 is 1.75 bits per heavy atom. The molecule has 1 aromatic heterocycles. The van der Waals surface area contributed by atoms with Crippen molar-refractivity contribution in [3.8, 4) is 11.5 Å². The number of carbonyl (C=O) groups is 1. The highest BCUT2D eigenvalue weighted by Gasteiger charge is 2.11. The molecule has 1 heterocycles. The number of hydrogen-bond donors (Lipinski definition) is 1. The number of carbonyl (C=O) groups excluding carboxylic acids is 1. The number of ether oxygens (including phenoxy) is 2. The molecule has 0 saturated heterocycles. The predicted molar refractivity (Wildman–Crippen MR) is 89.0 cm³/mol. The molecule has 0 radical (unpaired) electrons. The second-order valence-corrected chi connectivity index (χ2v) is 7.08. The van der Waals surface area contributed by atoms with E-state index in [2.05, 4.69) is 10.3 Å². The Hall–Kier alpha value is -2.32. The average Bonchev–Trinajstić information content (AvgIpc) is 2.54. The van der Waals surface area contributed by atoms with Gasteiger partial charge < -0.3 is 14.8 Å². The van der Waals surface area contributed by atoms with E-state index < -0.39 is 15.0 Å². The van der Waals surface area contributed by atoms with Crippen LogP contribution in [0.1, 0.15) is 6.92 Å². The number of pyridine rings is 1. The number of amides is 1. The SMILES string of the molecule is CCOc1ccc(OCC(=O)Nc2ccc(S(=O)(=O)Cl)nc2)cc1. The van der Waals surface area contributed by atoms with E-state index in [1.165, 1.54) is 18.3 Å². The van der Waals surface area contributed by atoms with Gasteiger partial charge in [0.25, 0.3) is 15.0 Å². The molecule has 1 aromatic carbocycles. The van der Waals surface area contributed by atoms with Crippen LogP contribution in [0.25, 0.3) is 0 Å². The molecule has 2 rings (SSSR count). The zero-order valence-electron chi connectivity index (χ0n) is 12.7. The minimum atomic E-state index is -3.89. The second-order valence-electron chi connectivity index (χ2n) is 4.56. The third kappa shape index (κ3) is 5.39. The van der Waals surface area contributed by atoms with Gasteiger partial charge in [-0.15, -0.1) is 0 Å². The van der Waals surface area contributed by atoms with Crippen LogP contribution in [0.15, 0.2) is 47.6 Å². The third-order valence-corrected chi connectivity index (χ3v) is 3.99. The van der Waals surface area contributed by atoms with E-state index in [0.717, 1.165) is 5.75 Å². The minimum absolute atomic E-state index is 0.205. The molecule has 0 fully saturated rings. The van der Waals surface area contributed by atoms with Crippen molar-refractivity contribution in [2.24, 2.45) is 0 Å². The van der Waals surface area contributed by atoms with E-state index in [1.807, 2.05) is 6.92 Å². The van der Waals surface area contributed by atoms with E-state index in [9.17, 15) is 13.2 Å². The van der Waals surface area contributed by atoms with E-state index in [4.69, 9.17) is 20.2 Å². The van der Waals surface area contributed by atoms with Crippen molar-refractivity contribution in [1.29, 1.82) is 0 Å². The molecular weight excluding hydrogens is 356 g/mol. The molecule has 0 unspecified atom stereocenters. The highest BCUT2D eigenvalue weighted by Crippen LogP contribution is 2.18. The van der Waals surface area contributed by atoms with E-state index in [-0.39, 0.29) is 11.6 Å². The van der Waals surface area contributed by atoms with Crippen LogP contribution >= 0.6 is 10.7 Å². The van der Waals surface area contributed by atoms with Crippen molar-refractivity contribution >= 4 is 31.3 Å². The molecule has 0 aliphatic carbocycles. The van der Waals surface area contributed by atoms with Crippen LogP contribution in [0.2, 0.25) is 0 Å². The van der Waals surface area contributed by atoms with E-state index >= 15 is 0 Å². The summed E-state index contributed by atoms with van der Waals surface area (Å²) in [7, 11) is 1.27. The Morgan fingerprint density at radius 1 is 1.12 bits per heavy atom. The van der Waals surface area contributed by atoms with Gasteiger partial charge in [0.15, 0.2) is 11.6 Å². The fraction of sp³-hybridized carbons (Fsp3) is 0.200. The predicted octanol–water partition coefficient (Wildman–Crippen LogP) is 2.43. The van der Waals surface area contributed by atoms with Crippen molar-refractivity contribution in [2.45, 2.75) is 11.9 Å². The second kappa shape index (κ2) is 7.98. The molecule has 2 aromatic rings. The standard InChI is InChI=1S/C15H15ClN2O5S/c1-2-22-12-4-6-13(7-5-12)23-10-14(19)18-11-3-8-15(17-9-11)24(16,20)21/h3-9H,2,10H2,1H3,(H,18,19). The molecule has 0 aliphatic heterocycles. The first-order valence-electron chi connectivity index (χ1n) is 6.94. The Kier molecular flexibility index (Phi) is 5.99. The maximum absolute atomic E-state index is 11.8. The van der Waals surface area contributed by atoms with Gasteiger partial charge in [0.05, 0.1) is 18.5 Å². The lowest BCUT2D eigenvalue weighted by atomic mass is 10.3. The number of benzene rings is 1. The Morgan fingerprint density at radius 3 is 2.25 bits per heavy atom. The number of nitrogens with zero attached hydrogens (tertiary/aromatic N) is 1. The van der Waals surface area contributed by atoms with Gasteiger partial charge in [-0.3, -0.25) is 4.79 Å². The molecule has 1 N–H and O–H groups in total. The smallest absolute Gasteiger partial charge is 0.278 e. The summed E-state index contributed by atoms with van der Waals surface area (Å²) in [6.45, 7) is 2.25. The maximum atomic E-state index is 11.8. The molecule has 24 heavy (non-hydrogen) atoms. The van der Waals surface area contributed by atoms with Gasteiger partial charge in [-0.1, -0.05) is 0 Å². The van der Waals surface area contributed by atoms with Gasteiger partial charge in [0.2, 0.25) is 0 Å². The lowest BCUT2D eigenvalue weighted by Crippen LogP contribution is -2.20. The fourth-order valence-electron chi connectivity index (χ4n) is 1.74. The highest BCUT2D eigenvalue weighted by atomic mass is 35.7. The molecular formula is C15H15ClN2O5S. The van der Waals surface area contributed by atoms with Crippen LogP contribution in [0, 0.1) is 0 Å². The quantitative estimate of drug-likeness (QED) is 0.752. The fourth-order valence-corrected chi connectivity index (χ4v) is 2.43. The normalized spacial score (nSPS) is 10.9. The lowest BCUT2D eigenvalue weighted by Gasteiger charge is -2.08. The monoisotopic (exact) mass is 370 g/mol. The van der Waals surface area contributed by atoms with Crippen LogP contribution in [0.3, 0.4) is 0 Å². The van der Waals surface area contributed by atoms with Crippen LogP contribution in [0.4, 0.5) is 5.69 Å². The topological polar surface area (TPSA) is 94.6 Å². The molecule has 128 valence electrons. The Labute approximate surface area is 144 Å². The van der Waals surface area contributed by atoms with Crippen molar-refractivity contribution in [3.63, 3.8) is 0 Å². The average molecular weight is 371 g/mol. The number of hydrogen-bond acceptors (Lipinski definition) is 6. The van der Waals surface area contributed by atoms with Crippen LogP contribution < -0.4 is 14.8 Å². The summed E-state index contributed by atoms with van der Waals surface area (Å²) >= 11 is 0. The number of aromatic nitrogens is 1. The summed E-state index contributed by atoms with van der Waals surface area (Å²) in [4.78, 5) is 15.5. The van der Waals surface area contributed by atoms with E-state index in [0.29, 0.717) is 18.0 Å². The molecule has 0 spiro atoms. The zero-order valence-corrected chi connectivity index (χ0v) is 14.3. The summed E-state index contributed by atoms with van der Waals surface area (Å²) in [5, 5.41) is 2.25. The van der Waals surface area contributed by atoms with Gasteiger partial charge in [0.1, 0.15) is 11.5 Å². The van der Waals surface area contributed by atoms with Crippen molar-refractivity contribution in [3.05, 3.63) is 42.6 Å². The van der Waals surface area contributed by atoms with Crippen molar-refractivity contribution in [1.82, 2.24) is 4.98 Å². The van der Waals surface area contributed by atoms with Crippen molar-refractivity contribution < 1.29 is 22.7 Å². The third-order valence-electron chi connectivity index (χ3n) is 2.77. The van der Waals surface area contributed by atoms with Crippen LogP contribution in [-0.4, -0.2) is 32.5 Å². The summed E-state index contributed by atoms with van der Waals surface area (Å²) in [6, 6.07) is 9.46. The van der Waals surface area contributed by atoms with Crippen molar-refractivity contribution in [2.75, 3.05) is 18.5 Å². The highest BCUT2D eigenvalue weighted by molar-refractivity contribution is 8.13. The molecule has 0 bridgehead atoms. The minimum Gasteiger partial charge on any atom is -0.494 e. The summed E-state index contributed by atoms with van der Waals surface area (Å²) < 4.78 is 32.8. The number of nitrogens with one attached hydrogen (secondary N) is 1. The summed E-state index contributed by atoms with van der Waals surface area (Å²) in [6.07, 6.45) is 1.20. The molecule has 9 heteroatoms. The first-order valence-corrected chi connectivity index (χ1v) is 9.25. The molecule has 1 amide bonds. The van der Waals surface area contributed by atoms with Gasteiger partial charge in [0, 0.05) is 10.7 Å². The largest absolute Gasteiger partial charge is 0.494 e. The Bertz CT molecular complexity index is 792. The van der Waals surface area contributed by atoms with Gasteiger partial charge >= 0.3 is 0 Å². The first-order chi connectivity index (χ1) is 11.4. The van der Waals surface area contributed by atoms with E-state index in [1.54, 1.807) is 24.3 Å². The zero-order chi connectivity index (χ0) is 17.6. The van der Waals surface area contributed by atoms with Crippen LogP contribution in [-0.2, 0) is 13.8 Å². The van der Waals surface area contributed by atoms with Gasteiger partial charge in [-0.25, -0.2) is 13.4 Å². The molecule has 0 atom stereocenters. The lowest BCUT2D eigenvalue weighted by molar-refractivity contribution is -0.118. The molecule has 7 nitrogen and oxygen atoms in total. The summed E-state index contributed by atoms with van der Waals surface area (Å²) in [5.41, 5.74) is 0.333. The summed E-state index contributed by atoms with van der Waals surface area (Å²) in [5.74, 6) is 0.831. The number of anilines is 1. The number of rotatable bonds is 7. The molecule has 0 aliphatic rings. The maximum Gasteiger partial charge on any atom is 0.278 e. The first kappa shape index (κ1) is 18.0.